The van der Waals surface area contributed by atoms with Gasteiger partial charge in [-0.1, -0.05) is 12.1 Å². The maximum absolute atomic E-state index is 11.5. The highest BCUT2D eigenvalue weighted by molar-refractivity contribution is 5.67. The van der Waals surface area contributed by atoms with E-state index in [-0.39, 0.29) is 6.54 Å². The Kier molecular flexibility index (Phi) is 6.20. The van der Waals surface area contributed by atoms with Crippen LogP contribution in [-0.4, -0.2) is 48.7 Å². The van der Waals surface area contributed by atoms with Crippen LogP contribution in [0.5, 0.6) is 0 Å². The van der Waals surface area contributed by atoms with E-state index in [1.165, 1.54) is 0 Å². The second kappa shape index (κ2) is 7.47. The Morgan fingerprint density at radius 2 is 1.77 bits per heavy atom. The lowest BCUT2D eigenvalue weighted by Crippen LogP contribution is -2.38. The smallest absolute Gasteiger partial charge is 0.407 e. The molecule has 3 N–H and O–H groups in total. The number of carbonyl (C=O) groups is 1. The van der Waals surface area contributed by atoms with Gasteiger partial charge in [-0.2, -0.15) is 0 Å². The van der Waals surface area contributed by atoms with Crippen molar-refractivity contribution in [1.29, 1.82) is 0 Å². The fraction of sp³-hybridized carbons (Fsp3) is 0.562. The Balaban J connectivity index is 2.54. The van der Waals surface area contributed by atoms with Crippen LogP contribution in [0, 0.1) is 0 Å². The Morgan fingerprint density at radius 3 is 2.23 bits per heavy atom. The number of benzene rings is 1. The summed E-state index contributed by atoms with van der Waals surface area (Å²) in [5.41, 5.74) is 0.983. The fourth-order valence-electron chi connectivity index (χ4n) is 1.81. The predicted molar refractivity (Wildman–Crippen MR) is 86.0 cm³/mol. The number of nitrogens with one attached hydrogen (secondary N) is 1. The van der Waals surface area contributed by atoms with Gasteiger partial charge in [0.1, 0.15) is 17.8 Å². The maximum atomic E-state index is 11.5. The van der Waals surface area contributed by atoms with Crippen LogP contribution in [0.3, 0.4) is 0 Å². The van der Waals surface area contributed by atoms with Crippen LogP contribution < -0.4 is 10.2 Å². The zero-order valence-electron chi connectivity index (χ0n) is 13.8. The Bertz CT molecular complexity index is 480. The number of amides is 1. The van der Waals surface area contributed by atoms with Gasteiger partial charge >= 0.3 is 6.09 Å². The van der Waals surface area contributed by atoms with Gasteiger partial charge in [0.05, 0.1) is 0 Å². The van der Waals surface area contributed by atoms with Crippen LogP contribution in [0.2, 0.25) is 0 Å². The van der Waals surface area contributed by atoms with Crippen molar-refractivity contribution in [1.82, 2.24) is 5.32 Å². The summed E-state index contributed by atoms with van der Waals surface area (Å²) >= 11 is 0. The third-order valence-corrected chi connectivity index (χ3v) is 2.97. The van der Waals surface area contributed by atoms with Gasteiger partial charge in [-0.05, 0) is 38.5 Å². The quantitative estimate of drug-likeness (QED) is 0.771. The topological polar surface area (TPSA) is 82.0 Å². The Labute approximate surface area is 131 Å². The van der Waals surface area contributed by atoms with E-state index in [4.69, 9.17) is 4.74 Å². The van der Waals surface area contributed by atoms with E-state index in [2.05, 4.69) is 5.32 Å². The zero-order valence-corrected chi connectivity index (χ0v) is 13.8. The molecular weight excluding hydrogens is 284 g/mol. The molecule has 0 spiro atoms. The van der Waals surface area contributed by atoms with Crippen molar-refractivity contribution in [3.05, 3.63) is 29.8 Å². The first-order valence-corrected chi connectivity index (χ1v) is 7.20. The number of rotatable bonds is 5. The molecule has 0 aliphatic carbocycles. The molecule has 0 saturated heterocycles. The fourth-order valence-corrected chi connectivity index (χ4v) is 1.81. The van der Waals surface area contributed by atoms with E-state index in [1.54, 1.807) is 32.9 Å². The largest absolute Gasteiger partial charge is 0.444 e. The van der Waals surface area contributed by atoms with E-state index in [0.717, 1.165) is 5.69 Å². The monoisotopic (exact) mass is 310 g/mol. The molecule has 22 heavy (non-hydrogen) atoms. The number of anilines is 1. The number of aliphatic hydroxyl groups is 2. The molecule has 1 rings (SSSR count). The van der Waals surface area contributed by atoms with E-state index >= 15 is 0 Å². The summed E-state index contributed by atoms with van der Waals surface area (Å²) in [7, 11) is 3.84. The second-order valence-corrected chi connectivity index (χ2v) is 6.38. The number of hydrogen-bond donors (Lipinski definition) is 3. The maximum Gasteiger partial charge on any atom is 0.407 e. The second-order valence-electron chi connectivity index (χ2n) is 6.38. The van der Waals surface area contributed by atoms with Gasteiger partial charge in [0, 0.05) is 26.3 Å². The van der Waals surface area contributed by atoms with Crippen LogP contribution >= 0.6 is 0 Å². The molecule has 6 heteroatoms. The summed E-state index contributed by atoms with van der Waals surface area (Å²) in [5, 5.41) is 22.5. The third-order valence-electron chi connectivity index (χ3n) is 2.97. The number of carbonyl (C=O) groups excluding carboxylic acids is 1. The van der Waals surface area contributed by atoms with Crippen LogP contribution in [0.4, 0.5) is 10.5 Å². The molecule has 1 aromatic rings. The summed E-state index contributed by atoms with van der Waals surface area (Å²) in [6.07, 6.45) is -2.81. The molecule has 6 nitrogen and oxygen atoms in total. The third kappa shape index (κ3) is 5.91. The molecule has 0 aliphatic heterocycles. The molecule has 0 aliphatic rings. The van der Waals surface area contributed by atoms with E-state index in [1.807, 2.05) is 31.1 Å². The molecule has 0 aromatic heterocycles. The van der Waals surface area contributed by atoms with E-state index < -0.39 is 23.9 Å². The van der Waals surface area contributed by atoms with E-state index in [0.29, 0.717) is 5.56 Å². The molecule has 124 valence electrons. The van der Waals surface area contributed by atoms with Gasteiger partial charge in [-0.25, -0.2) is 4.79 Å². The lowest BCUT2D eigenvalue weighted by atomic mass is 10.0. The minimum atomic E-state index is -1.11. The van der Waals surface area contributed by atoms with Gasteiger partial charge in [-0.3, -0.25) is 0 Å². The van der Waals surface area contributed by atoms with Crippen molar-refractivity contribution >= 4 is 11.8 Å². The first kappa shape index (κ1) is 18.3. The lowest BCUT2D eigenvalue weighted by Gasteiger charge is -2.22. The highest BCUT2D eigenvalue weighted by atomic mass is 16.6. The first-order chi connectivity index (χ1) is 10.1. The van der Waals surface area contributed by atoms with Gasteiger partial charge in [0.15, 0.2) is 0 Å². The minimum Gasteiger partial charge on any atom is -0.444 e. The molecule has 0 bridgehead atoms. The number of hydrogen-bond acceptors (Lipinski definition) is 5. The highest BCUT2D eigenvalue weighted by Crippen LogP contribution is 2.20. The van der Waals surface area contributed by atoms with Crippen LogP contribution in [0.25, 0.3) is 0 Å². The SMILES string of the molecule is CN(C)c1ccc(C(O)C(O)CNC(=O)OC(C)(C)C)cc1. The van der Waals surface area contributed by atoms with Gasteiger partial charge < -0.3 is 25.2 Å². The molecule has 0 saturated carbocycles. The molecule has 0 radical (unpaired) electrons. The van der Waals surface area contributed by atoms with Gasteiger partial charge in [0.2, 0.25) is 0 Å². The first-order valence-electron chi connectivity index (χ1n) is 7.20. The highest BCUT2D eigenvalue weighted by Gasteiger charge is 2.21. The van der Waals surface area contributed by atoms with E-state index in [9.17, 15) is 15.0 Å². The van der Waals surface area contributed by atoms with Crippen molar-refractivity contribution in [2.24, 2.45) is 0 Å². The Hall–Kier alpha value is -1.79. The summed E-state index contributed by atoms with van der Waals surface area (Å²) in [6, 6.07) is 7.20. The summed E-state index contributed by atoms with van der Waals surface area (Å²) in [5.74, 6) is 0. The lowest BCUT2D eigenvalue weighted by molar-refractivity contribution is 0.0129. The molecule has 2 atom stereocenters. The van der Waals surface area contributed by atoms with Crippen LogP contribution in [0.15, 0.2) is 24.3 Å². The van der Waals surface area contributed by atoms with Crippen LogP contribution in [0.1, 0.15) is 32.4 Å². The number of alkyl carbamates (subject to hydrolysis) is 1. The number of nitrogens with zero attached hydrogens (tertiary/aromatic N) is 1. The van der Waals surface area contributed by atoms with Crippen molar-refractivity contribution in [2.45, 2.75) is 38.6 Å². The van der Waals surface area contributed by atoms with Gasteiger partial charge in [0.25, 0.3) is 0 Å². The summed E-state index contributed by atoms with van der Waals surface area (Å²) in [6.45, 7) is 5.17. The summed E-state index contributed by atoms with van der Waals surface area (Å²) in [4.78, 5) is 13.5. The summed E-state index contributed by atoms with van der Waals surface area (Å²) < 4.78 is 5.07. The van der Waals surface area contributed by atoms with Crippen molar-refractivity contribution in [3.8, 4) is 0 Å². The average Bonchev–Trinajstić information content (AvgIpc) is 2.42. The average molecular weight is 310 g/mol. The molecule has 0 heterocycles. The normalized spacial score (nSPS) is 14.1. The molecule has 0 fully saturated rings. The van der Waals surface area contributed by atoms with Crippen molar-refractivity contribution in [2.75, 3.05) is 25.5 Å². The Morgan fingerprint density at radius 1 is 1.23 bits per heavy atom. The van der Waals surface area contributed by atoms with Crippen molar-refractivity contribution in [3.63, 3.8) is 0 Å². The zero-order chi connectivity index (χ0) is 16.9. The molecular formula is C16H26N2O4. The molecule has 1 aromatic carbocycles. The van der Waals surface area contributed by atoms with Crippen molar-refractivity contribution < 1.29 is 19.7 Å². The number of ether oxygens (including phenoxy) is 1. The predicted octanol–water partition coefficient (Wildman–Crippen LogP) is 1.67. The van der Waals surface area contributed by atoms with Gasteiger partial charge in [-0.15, -0.1) is 0 Å². The molecule has 2 unspecified atom stereocenters. The standard InChI is InChI=1S/C16H26N2O4/c1-16(2,3)22-15(21)17-10-13(19)14(20)11-6-8-12(9-7-11)18(4)5/h6-9,13-14,19-20H,10H2,1-5H3,(H,17,21). The number of aliphatic hydroxyl groups excluding tert-OH is 2. The minimum absolute atomic E-state index is 0.0918. The molecule has 1 amide bonds. The van der Waals surface area contributed by atoms with Crippen LogP contribution in [-0.2, 0) is 4.74 Å².